The summed E-state index contributed by atoms with van der Waals surface area (Å²) in [7, 11) is 2.24. The Morgan fingerprint density at radius 3 is 2.48 bits per heavy atom. The lowest BCUT2D eigenvalue weighted by Gasteiger charge is -2.42. The average molecular weight is 288 g/mol. The first-order chi connectivity index (χ1) is 10.2. The maximum absolute atomic E-state index is 3.69. The van der Waals surface area contributed by atoms with Crippen LogP contribution in [0.4, 0.5) is 5.69 Å². The molecule has 0 spiro atoms. The van der Waals surface area contributed by atoms with Crippen molar-refractivity contribution in [3.8, 4) is 0 Å². The number of hydrogen-bond acceptors (Lipinski definition) is 2. The number of hydrogen-bond donors (Lipinski definition) is 1. The van der Waals surface area contributed by atoms with E-state index in [1.54, 1.807) is 0 Å². The highest BCUT2D eigenvalue weighted by Crippen LogP contribution is 2.39. The van der Waals surface area contributed by atoms with Gasteiger partial charge >= 0.3 is 0 Å². The van der Waals surface area contributed by atoms with Gasteiger partial charge in [-0.15, -0.1) is 0 Å². The molecule has 21 heavy (non-hydrogen) atoms. The summed E-state index contributed by atoms with van der Waals surface area (Å²) in [6.07, 6.45) is 6.72. The number of benzene rings is 1. The van der Waals surface area contributed by atoms with Crippen molar-refractivity contribution in [3.63, 3.8) is 0 Å². The van der Waals surface area contributed by atoms with E-state index in [0.29, 0.717) is 5.41 Å². The molecule has 1 aromatic rings. The first-order valence-corrected chi connectivity index (χ1v) is 8.62. The summed E-state index contributed by atoms with van der Waals surface area (Å²) in [4.78, 5) is 2.45. The summed E-state index contributed by atoms with van der Waals surface area (Å²) in [5.41, 5.74) is 1.79. The topological polar surface area (TPSA) is 15.3 Å². The van der Waals surface area contributed by atoms with Crippen LogP contribution in [0.2, 0.25) is 0 Å². The maximum atomic E-state index is 3.69. The summed E-state index contributed by atoms with van der Waals surface area (Å²) >= 11 is 0. The Morgan fingerprint density at radius 2 is 1.86 bits per heavy atom. The quantitative estimate of drug-likeness (QED) is 0.752. The van der Waals surface area contributed by atoms with Gasteiger partial charge in [0.15, 0.2) is 0 Å². The van der Waals surface area contributed by atoms with E-state index in [-0.39, 0.29) is 0 Å². The van der Waals surface area contributed by atoms with Gasteiger partial charge in [0.1, 0.15) is 0 Å². The maximum Gasteiger partial charge on any atom is 0.0363 e. The molecule has 0 atom stereocenters. The molecule has 0 radical (unpaired) electrons. The Hall–Kier alpha value is -1.02. The second-order valence-corrected chi connectivity index (χ2v) is 7.05. The van der Waals surface area contributed by atoms with E-state index in [1.807, 2.05) is 0 Å². The van der Waals surface area contributed by atoms with Crippen LogP contribution in [0.25, 0.3) is 0 Å². The Balaban J connectivity index is 2.01. The molecule has 2 heteroatoms. The molecule has 0 amide bonds. The van der Waals surface area contributed by atoms with Gasteiger partial charge in [-0.05, 0) is 43.9 Å². The lowest BCUT2D eigenvalue weighted by atomic mass is 9.70. The van der Waals surface area contributed by atoms with Gasteiger partial charge in [0, 0.05) is 31.2 Å². The van der Waals surface area contributed by atoms with Gasteiger partial charge in [-0.25, -0.2) is 0 Å². The fourth-order valence-electron chi connectivity index (χ4n) is 3.57. The summed E-state index contributed by atoms with van der Waals surface area (Å²) in [5, 5.41) is 3.69. The third-order valence-electron chi connectivity index (χ3n) is 5.03. The van der Waals surface area contributed by atoms with E-state index in [9.17, 15) is 0 Å². The van der Waals surface area contributed by atoms with Gasteiger partial charge in [-0.1, -0.05) is 44.9 Å². The van der Waals surface area contributed by atoms with Crippen LogP contribution in [0, 0.1) is 11.3 Å². The molecular weight excluding hydrogens is 256 g/mol. The molecule has 2 nitrogen and oxygen atoms in total. The zero-order valence-electron chi connectivity index (χ0n) is 14.1. The molecule has 0 bridgehead atoms. The minimum absolute atomic E-state index is 0.451. The fraction of sp³-hybridized carbons (Fsp3) is 0.684. The smallest absolute Gasteiger partial charge is 0.0363 e. The monoisotopic (exact) mass is 288 g/mol. The predicted octanol–water partition coefficient (Wildman–Crippen LogP) is 4.32. The van der Waals surface area contributed by atoms with Crippen LogP contribution in [0.5, 0.6) is 0 Å². The summed E-state index contributed by atoms with van der Waals surface area (Å²) in [6.45, 7) is 8.14. The van der Waals surface area contributed by atoms with Gasteiger partial charge in [-0.2, -0.15) is 0 Å². The van der Waals surface area contributed by atoms with Crippen LogP contribution in [0.1, 0.15) is 46.0 Å². The molecule has 1 aromatic carbocycles. The summed E-state index contributed by atoms with van der Waals surface area (Å²) in [6, 6.07) is 10.8. The average Bonchev–Trinajstić information content (AvgIpc) is 2.51. The van der Waals surface area contributed by atoms with Crippen LogP contribution in [-0.2, 0) is 0 Å². The van der Waals surface area contributed by atoms with Gasteiger partial charge in [0.25, 0.3) is 0 Å². The van der Waals surface area contributed by atoms with Crippen molar-refractivity contribution in [2.24, 2.45) is 11.3 Å². The largest absolute Gasteiger partial charge is 0.374 e. The minimum atomic E-state index is 0.451. The lowest BCUT2D eigenvalue weighted by molar-refractivity contribution is 0.158. The number of anilines is 1. The minimum Gasteiger partial charge on any atom is -0.374 e. The van der Waals surface area contributed by atoms with Crippen molar-refractivity contribution in [2.45, 2.75) is 46.0 Å². The summed E-state index contributed by atoms with van der Waals surface area (Å²) < 4.78 is 0. The van der Waals surface area contributed by atoms with Crippen LogP contribution in [0.15, 0.2) is 30.3 Å². The van der Waals surface area contributed by atoms with Gasteiger partial charge in [0.05, 0.1) is 0 Å². The van der Waals surface area contributed by atoms with Crippen molar-refractivity contribution in [3.05, 3.63) is 30.3 Å². The van der Waals surface area contributed by atoms with E-state index in [0.717, 1.165) is 12.5 Å². The van der Waals surface area contributed by atoms with Gasteiger partial charge < -0.3 is 10.2 Å². The molecule has 1 saturated carbocycles. The highest BCUT2D eigenvalue weighted by Gasteiger charge is 2.34. The molecule has 0 unspecified atom stereocenters. The molecule has 0 aromatic heterocycles. The number of nitrogens with one attached hydrogen (secondary N) is 1. The first-order valence-electron chi connectivity index (χ1n) is 8.62. The van der Waals surface area contributed by atoms with E-state index >= 15 is 0 Å². The normalized spacial score (nSPS) is 25.8. The van der Waals surface area contributed by atoms with E-state index in [2.05, 4.69) is 61.4 Å². The summed E-state index contributed by atoms with van der Waals surface area (Å²) in [5.74, 6) is 0.909. The van der Waals surface area contributed by atoms with E-state index in [4.69, 9.17) is 0 Å². The van der Waals surface area contributed by atoms with Crippen molar-refractivity contribution >= 4 is 5.69 Å². The van der Waals surface area contributed by atoms with Crippen LogP contribution < -0.4 is 10.2 Å². The first kappa shape index (κ1) is 16.4. The molecule has 0 heterocycles. The molecule has 2 rings (SSSR count). The third-order valence-corrected chi connectivity index (χ3v) is 5.03. The Labute approximate surface area is 130 Å². The molecular formula is C19H32N2. The molecule has 0 saturated heterocycles. The predicted molar refractivity (Wildman–Crippen MR) is 92.9 cm³/mol. The Bertz CT molecular complexity index is 393. The molecule has 1 aliphatic rings. The standard InChI is InChI=1S/C19H32N2/c1-4-14-20-15-19(12-10-17(2)11-13-19)16-21(3)18-8-6-5-7-9-18/h5-9,17,20H,4,10-16H2,1-3H3. The van der Waals surface area contributed by atoms with Gasteiger partial charge in [-0.3, -0.25) is 0 Å². The Kier molecular flexibility index (Phi) is 6.10. The molecule has 1 N–H and O–H groups in total. The Morgan fingerprint density at radius 1 is 1.19 bits per heavy atom. The van der Waals surface area contributed by atoms with Crippen LogP contribution in [0.3, 0.4) is 0 Å². The highest BCUT2D eigenvalue weighted by molar-refractivity contribution is 5.45. The molecule has 1 aliphatic carbocycles. The molecule has 118 valence electrons. The second-order valence-electron chi connectivity index (χ2n) is 7.05. The molecule has 1 fully saturated rings. The zero-order chi connectivity index (χ0) is 15.1. The number of nitrogens with zero attached hydrogens (tertiary/aromatic N) is 1. The number of para-hydroxylation sites is 1. The van der Waals surface area contributed by atoms with Crippen LogP contribution >= 0.6 is 0 Å². The van der Waals surface area contributed by atoms with Crippen molar-refractivity contribution in [1.29, 1.82) is 0 Å². The van der Waals surface area contributed by atoms with Crippen LogP contribution in [-0.4, -0.2) is 26.7 Å². The number of rotatable bonds is 7. The second kappa shape index (κ2) is 7.84. The fourth-order valence-corrected chi connectivity index (χ4v) is 3.57. The molecule has 0 aliphatic heterocycles. The van der Waals surface area contributed by atoms with Gasteiger partial charge in [0.2, 0.25) is 0 Å². The van der Waals surface area contributed by atoms with Crippen molar-refractivity contribution in [1.82, 2.24) is 5.32 Å². The van der Waals surface area contributed by atoms with E-state index < -0.39 is 0 Å². The third kappa shape index (κ3) is 4.74. The zero-order valence-corrected chi connectivity index (χ0v) is 14.1. The SMILES string of the molecule is CCCNCC1(CN(C)c2ccccc2)CCC(C)CC1. The lowest BCUT2D eigenvalue weighted by Crippen LogP contribution is -2.45. The highest BCUT2D eigenvalue weighted by atomic mass is 15.1. The van der Waals surface area contributed by atoms with Crippen molar-refractivity contribution in [2.75, 3.05) is 31.6 Å². The van der Waals surface area contributed by atoms with E-state index in [1.165, 1.54) is 50.9 Å². The van der Waals surface area contributed by atoms with Crippen molar-refractivity contribution < 1.29 is 0 Å².